The molecule has 274 valence electrons. The van der Waals surface area contributed by atoms with Crippen LogP contribution in [0.1, 0.15) is 237 Å². The third kappa shape index (κ3) is 211. The van der Waals surface area contributed by atoms with Crippen molar-refractivity contribution in [1.82, 2.24) is 0 Å². The molecule has 0 aromatic carbocycles. The summed E-state index contributed by atoms with van der Waals surface area (Å²) in [6.45, 7) is 53.4. The molecule has 0 saturated heterocycles. The summed E-state index contributed by atoms with van der Waals surface area (Å²) < 4.78 is 4.54. The van der Waals surface area contributed by atoms with Gasteiger partial charge in [0.2, 0.25) is 0 Å². The molecule has 0 atom stereocenters. The smallest absolute Gasteiger partial charge is 0.0433 e. The van der Waals surface area contributed by atoms with E-state index in [1.807, 2.05) is 90.0 Å². The Hall–Kier alpha value is -0.0400. The zero-order valence-electron chi connectivity index (χ0n) is 36.5. The number of ether oxygens (including phenoxy) is 1. The van der Waals surface area contributed by atoms with Crippen molar-refractivity contribution in [2.45, 2.75) is 237 Å². The van der Waals surface area contributed by atoms with Gasteiger partial charge in [-0.2, -0.15) is 0 Å². The van der Waals surface area contributed by atoms with Gasteiger partial charge in [0.1, 0.15) is 0 Å². The summed E-state index contributed by atoms with van der Waals surface area (Å²) >= 11 is 0. The molecular formula is C41H104O. The molecule has 42 heavy (non-hydrogen) atoms. The normalized spacial score (nSPS) is 9.93. The molecule has 1 nitrogen and oxygen atoms in total. The second kappa shape index (κ2) is 114. The molecule has 0 N–H and O–H groups in total. The number of rotatable bonds is 5. The average molecular weight is 613 g/mol. The molecule has 0 unspecified atom stereocenters. The van der Waals surface area contributed by atoms with Gasteiger partial charge in [0.25, 0.3) is 0 Å². The Labute approximate surface area is 279 Å². The Balaban J connectivity index is -0.0000000288. The summed E-state index contributed by atoms with van der Waals surface area (Å²) in [4.78, 5) is 0. The van der Waals surface area contributed by atoms with Crippen LogP contribution >= 0.6 is 0 Å². The van der Waals surface area contributed by atoms with Crippen molar-refractivity contribution in [2.75, 3.05) is 13.7 Å². The van der Waals surface area contributed by atoms with Crippen LogP contribution in [0.3, 0.4) is 0 Å². The Morgan fingerprint density at radius 2 is 0.643 bits per heavy atom. The summed E-state index contributed by atoms with van der Waals surface area (Å²) in [6, 6.07) is 0. The fourth-order valence-electron chi connectivity index (χ4n) is 1.88. The first-order valence-corrected chi connectivity index (χ1v) is 19.6. The molecule has 1 aliphatic rings. The lowest BCUT2D eigenvalue weighted by molar-refractivity contribution is 0.215. The van der Waals surface area contributed by atoms with Crippen molar-refractivity contribution in [2.24, 2.45) is 23.7 Å². The fourth-order valence-corrected chi connectivity index (χ4v) is 1.88. The molecule has 0 amide bonds. The third-order valence-corrected chi connectivity index (χ3v) is 4.97. The number of methoxy groups -OCH3 is 1. The van der Waals surface area contributed by atoms with E-state index in [0.717, 1.165) is 30.3 Å². The maximum Gasteiger partial charge on any atom is 0.0433 e. The Morgan fingerprint density at radius 1 is 0.476 bits per heavy atom. The van der Waals surface area contributed by atoms with E-state index in [0.29, 0.717) is 0 Å². The minimum Gasteiger partial charge on any atom is -0.385 e. The van der Waals surface area contributed by atoms with Crippen molar-refractivity contribution in [3.8, 4) is 0 Å². The van der Waals surface area contributed by atoms with E-state index in [2.05, 4.69) is 87.8 Å². The van der Waals surface area contributed by atoms with Gasteiger partial charge in [-0.1, -0.05) is 230 Å². The van der Waals surface area contributed by atoms with Gasteiger partial charge in [-0.25, -0.2) is 0 Å². The standard InChI is InChI=1S/C7H14.2C6H14.C4H10.C3H8O.C3H8.6C2H6/c1-7-5-3-2-4-6-7;2*1-4-6(3)5-2;1-4(2)3;1-3-4-2;1-3-2;6*1-2/h7H,2-6H2,1H3;2*6H,4-5H2,1-3H3;4H,1-3H3;3H2,1-2H3;3H2,1-2H3;6*1-2H3. The van der Waals surface area contributed by atoms with Crippen LogP contribution < -0.4 is 0 Å². The summed E-state index contributed by atoms with van der Waals surface area (Å²) in [5.41, 5.74) is 0. The molecule has 1 aliphatic carbocycles. The molecule has 0 heterocycles. The summed E-state index contributed by atoms with van der Waals surface area (Å²) in [5.74, 6) is 3.74. The SMILES string of the molecule is CC.CC.CC.CC.CC.CC.CC(C)C.CC1CCCCC1.CCC.CCC(C)CC.CCC(C)CC.CCOC. The van der Waals surface area contributed by atoms with Crippen molar-refractivity contribution in [3.63, 3.8) is 0 Å². The van der Waals surface area contributed by atoms with E-state index >= 15 is 0 Å². The van der Waals surface area contributed by atoms with Crippen LogP contribution in [-0.2, 0) is 4.74 Å². The number of hydrogen-bond acceptors (Lipinski definition) is 1. The van der Waals surface area contributed by atoms with Gasteiger partial charge in [-0.05, 0) is 30.6 Å². The van der Waals surface area contributed by atoms with Crippen LogP contribution in [0.15, 0.2) is 0 Å². The molecule has 0 aromatic rings. The zero-order valence-corrected chi connectivity index (χ0v) is 36.5. The fraction of sp³-hybridized carbons (Fsp3) is 1.00. The van der Waals surface area contributed by atoms with Crippen LogP contribution in [-0.4, -0.2) is 13.7 Å². The Morgan fingerprint density at radius 3 is 0.690 bits per heavy atom. The highest BCUT2D eigenvalue weighted by Gasteiger charge is 2.05. The quantitative estimate of drug-likeness (QED) is 0.300. The van der Waals surface area contributed by atoms with Gasteiger partial charge < -0.3 is 4.74 Å². The maximum atomic E-state index is 4.54. The van der Waals surface area contributed by atoms with E-state index in [4.69, 9.17) is 0 Å². The van der Waals surface area contributed by atoms with Crippen molar-refractivity contribution in [1.29, 1.82) is 0 Å². The highest BCUT2D eigenvalue weighted by atomic mass is 16.5. The zero-order chi connectivity index (χ0) is 36.8. The molecule has 0 bridgehead atoms. The monoisotopic (exact) mass is 613 g/mol. The lowest BCUT2D eigenvalue weighted by atomic mass is 9.91. The van der Waals surface area contributed by atoms with Crippen LogP contribution in [0.25, 0.3) is 0 Å². The molecular weight excluding hydrogens is 508 g/mol. The van der Waals surface area contributed by atoms with Gasteiger partial charge in [0, 0.05) is 13.7 Å². The van der Waals surface area contributed by atoms with Crippen molar-refractivity contribution >= 4 is 0 Å². The van der Waals surface area contributed by atoms with Crippen LogP contribution in [0.5, 0.6) is 0 Å². The summed E-state index contributed by atoms with van der Waals surface area (Å²) in [7, 11) is 1.68. The predicted octanol–water partition coefficient (Wildman–Crippen LogP) is 17.4. The topological polar surface area (TPSA) is 9.23 Å². The summed E-state index contributed by atoms with van der Waals surface area (Å²) in [5, 5.41) is 0. The van der Waals surface area contributed by atoms with Crippen molar-refractivity contribution < 1.29 is 4.74 Å². The minimum absolute atomic E-state index is 0.819. The van der Waals surface area contributed by atoms with E-state index < -0.39 is 0 Å². The van der Waals surface area contributed by atoms with Crippen LogP contribution in [0.4, 0.5) is 0 Å². The Bertz CT molecular complexity index is 196. The maximum absolute atomic E-state index is 4.54. The van der Waals surface area contributed by atoms with E-state index in [1.165, 1.54) is 64.2 Å². The first-order valence-electron chi connectivity index (χ1n) is 19.6. The van der Waals surface area contributed by atoms with E-state index in [1.54, 1.807) is 7.11 Å². The Kier molecular flexibility index (Phi) is 199. The molecule has 1 heteroatoms. The van der Waals surface area contributed by atoms with Crippen molar-refractivity contribution in [3.05, 3.63) is 0 Å². The average Bonchev–Trinajstić information content (AvgIpc) is 3.07. The minimum atomic E-state index is 0.819. The van der Waals surface area contributed by atoms with Gasteiger partial charge in [0.05, 0.1) is 0 Å². The van der Waals surface area contributed by atoms with E-state index in [-0.39, 0.29) is 0 Å². The summed E-state index contributed by atoms with van der Waals surface area (Å²) in [6.07, 6.45) is 14.0. The second-order valence-electron chi connectivity index (χ2n) is 9.60. The molecule has 0 spiro atoms. The largest absolute Gasteiger partial charge is 0.385 e. The highest BCUT2D eigenvalue weighted by molar-refractivity contribution is 4.59. The van der Waals surface area contributed by atoms with E-state index in [9.17, 15) is 0 Å². The lowest BCUT2D eigenvalue weighted by Gasteiger charge is -2.15. The molecule has 0 aromatic heterocycles. The van der Waals surface area contributed by atoms with Crippen LogP contribution in [0.2, 0.25) is 0 Å². The first-order chi connectivity index (χ1) is 20.1. The molecule has 1 rings (SSSR count). The molecule has 1 fully saturated rings. The number of hydrogen-bond donors (Lipinski definition) is 0. The van der Waals surface area contributed by atoms with Gasteiger partial charge in [-0.3, -0.25) is 0 Å². The van der Waals surface area contributed by atoms with Gasteiger partial charge >= 0.3 is 0 Å². The van der Waals surface area contributed by atoms with Gasteiger partial charge in [-0.15, -0.1) is 0 Å². The molecule has 0 aliphatic heterocycles. The first kappa shape index (κ1) is 73.4. The van der Waals surface area contributed by atoms with Gasteiger partial charge in [0.15, 0.2) is 0 Å². The molecule has 1 saturated carbocycles. The second-order valence-corrected chi connectivity index (χ2v) is 9.60. The van der Waals surface area contributed by atoms with Crippen LogP contribution in [0, 0.1) is 23.7 Å². The lowest BCUT2D eigenvalue weighted by Crippen LogP contribution is -1.99. The highest BCUT2D eigenvalue weighted by Crippen LogP contribution is 2.22. The molecule has 0 radical (unpaired) electrons. The predicted molar refractivity (Wildman–Crippen MR) is 214 cm³/mol. The third-order valence-electron chi connectivity index (χ3n) is 4.97.